The fraction of sp³-hybridized carbons (Fsp3) is 0.440. The highest BCUT2D eigenvalue weighted by Crippen LogP contribution is 2.53. The summed E-state index contributed by atoms with van der Waals surface area (Å²) in [6, 6.07) is 7.19. The molecule has 1 fully saturated rings. The molecule has 3 heterocycles. The molecule has 2 aliphatic rings. The van der Waals surface area contributed by atoms with E-state index in [4.69, 9.17) is 9.15 Å². The number of methoxy groups -OCH3 is 1. The molecule has 2 aromatic heterocycles. The monoisotopic (exact) mass is 497 g/mol. The second-order valence-corrected chi connectivity index (χ2v) is 10.6. The van der Waals surface area contributed by atoms with Gasteiger partial charge in [0.25, 0.3) is 5.56 Å². The van der Waals surface area contributed by atoms with Crippen molar-refractivity contribution in [1.82, 2.24) is 14.1 Å². The average molecular weight is 498 g/mol. The Hall–Kier alpha value is -3.27. The van der Waals surface area contributed by atoms with E-state index >= 15 is 0 Å². The van der Waals surface area contributed by atoms with Gasteiger partial charge in [-0.15, -0.1) is 0 Å². The van der Waals surface area contributed by atoms with Gasteiger partial charge in [0.1, 0.15) is 12.0 Å². The van der Waals surface area contributed by atoms with E-state index in [1.165, 1.54) is 22.6 Å². The second kappa shape index (κ2) is 8.75. The summed E-state index contributed by atoms with van der Waals surface area (Å²) < 4.78 is 13.9. The standard InChI is InChI=1S/C25H27N3O6S/c1-14-18-21(29)28(16-12-25(2,13-16)23(30)31)24(32)27(10-8-15-6-4-5-7-17(15)33-3)22(18)35-19(14)20-26-9-11-34-20/h4-7,9,11,14,16,19H,8,10,12-13H2,1-3H3,(H,30,31). The van der Waals surface area contributed by atoms with Crippen molar-refractivity contribution < 1.29 is 19.1 Å². The van der Waals surface area contributed by atoms with Gasteiger partial charge in [0, 0.05) is 18.5 Å². The number of fused-ring (bicyclic) bond motifs is 1. The smallest absolute Gasteiger partial charge is 0.332 e. The van der Waals surface area contributed by atoms with Gasteiger partial charge in [-0.25, -0.2) is 9.78 Å². The summed E-state index contributed by atoms with van der Waals surface area (Å²) in [5.41, 5.74) is -0.171. The summed E-state index contributed by atoms with van der Waals surface area (Å²) in [5, 5.41) is 9.94. The number of aliphatic carboxylic acids is 1. The number of hydrogen-bond donors (Lipinski definition) is 1. The molecule has 2 unspecified atom stereocenters. The number of carboxylic acids is 1. The van der Waals surface area contributed by atoms with Gasteiger partial charge < -0.3 is 14.3 Å². The third-order valence-corrected chi connectivity index (χ3v) is 8.78. The van der Waals surface area contributed by atoms with Crippen molar-refractivity contribution >= 4 is 17.7 Å². The molecular weight excluding hydrogens is 470 g/mol. The van der Waals surface area contributed by atoms with Gasteiger partial charge in [-0.2, -0.15) is 0 Å². The lowest BCUT2D eigenvalue weighted by atomic mass is 9.67. The highest BCUT2D eigenvalue weighted by molar-refractivity contribution is 7.99. The van der Waals surface area contributed by atoms with Crippen LogP contribution in [0, 0.1) is 5.41 Å². The van der Waals surface area contributed by atoms with Gasteiger partial charge in [0.05, 0.1) is 34.6 Å². The lowest BCUT2D eigenvalue weighted by Gasteiger charge is -2.42. The van der Waals surface area contributed by atoms with Crippen LogP contribution in [0.5, 0.6) is 5.75 Å². The molecule has 1 N–H and O–H groups in total. The van der Waals surface area contributed by atoms with Crippen LogP contribution in [0.25, 0.3) is 0 Å². The molecule has 3 aromatic rings. The molecule has 35 heavy (non-hydrogen) atoms. The molecule has 184 valence electrons. The maximum Gasteiger partial charge on any atom is 0.332 e. The number of carboxylic acid groups (broad SMARTS) is 1. The fourth-order valence-corrected chi connectivity index (χ4v) is 6.69. The van der Waals surface area contributed by atoms with Crippen molar-refractivity contribution in [3.8, 4) is 5.75 Å². The maximum absolute atomic E-state index is 13.7. The average Bonchev–Trinajstić information content (AvgIpc) is 3.46. The van der Waals surface area contributed by atoms with Crippen LogP contribution in [0.3, 0.4) is 0 Å². The van der Waals surface area contributed by atoms with E-state index in [-0.39, 0.29) is 29.6 Å². The fourth-order valence-electron chi connectivity index (χ4n) is 5.20. The number of rotatable bonds is 7. The molecule has 9 nitrogen and oxygen atoms in total. The Morgan fingerprint density at radius 2 is 2.06 bits per heavy atom. The number of para-hydroxylation sites is 1. The molecule has 0 spiro atoms. The molecule has 0 amide bonds. The molecule has 5 rings (SSSR count). The zero-order valence-electron chi connectivity index (χ0n) is 19.8. The molecule has 0 radical (unpaired) electrons. The van der Waals surface area contributed by atoms with E-state index < -0.39 is 23.1 Å². The van der Waals surface area contributed by atoms with Crippen LogP contribution < -0.4 is 16.0 Å². The predicted octanol–water partition coefficient (Wildman–Crippen LogP) is 3.63. The Morgan fingerprint density at radius 1 is 1.31 bits per heavy atom. The molecule has 0 bridgehead atoms. The Morgan fingerprint density at radius 3 is 2.71 bits per heavy atom. The van der Waals surface area contributed by atoms with Gasteiger partial charge >= 0.3 is 11.7 Å². The highest BCUT2D eigenvalue weighted by atomic mass is 32.2. The molecule has 0 saturated heterocycles. The van der Waals surface area contributed by atoms with Gasteiger partial charge in [-0.1, -0.05) is 36.9 Å². The zero-order chi connectivity index (χ0) is 24.9. The minimum absolute atomic E-state index is 0.226. The Bertz CT molecular complexity index is 1390. The van der Waals surface area contributed by atoms with Crippen molar-refractivity contribution in [3.05, 3.63) is 74.6 Å². The summed E-state index contributed by atoms with van der Waals surface area (Å²) in [6.07, 6.45) is 4.09. The lowest BCUT2D eigenvalue weighted by molar-refractivity contribution is -0.155. The topological polar surface area (TPSA) is 117 Å². The van der Waals surface area contributed by atoms with E-state index in [0.29, 0.717) is 29.4 Å². The Balaban J connectivity index is 1.58. The van der Waals surface area contributed by atoms with Crippen molar-refractivity contribution in [2.45, 2.75) is 61.9 Å². The third-order valence-electron chi connectivity index (χ3n) is 7.26. The number of hydrogen-bond acceptors (Lipinski definition) is 7. The van der Waals surface area contributed by atoms with E-state index in [9.17, 15) is 19.5 Å². The van der Waals surface area contributed by atoms with Crippen LogP contribution in [0.15, 0.2) is 55.8 Å². The van der Waals surface area contributed by atoms with Crippen LogP contribution in [0.2, 0.25) is 0 Å². The molecule has 1 saturated carbocycles. The Labute approximate surface area is 205 Å². The first-order valence-corrected chi connectivity index (χ1v) is 12.4. The summed E-state index contributed by atoms with van der Waals surface area (Å²) in [5.74, 6) is 0.111. The minimum Gasteiger partial charge on any atom is -0.496 e. The summed E-state index contributed by atoms with van der Waals surface area (Å²) in [7, 11) is 1.61. The number of ether oxygens (including phenoxy) is 1. The van der Waals surface area contributed by atoms with Gasteiger partial charge in [0.2, 0.25) is 5.89 Å². The maximum atomic E-state index is 13.7. The molecule has 10 heteroatoms. The SMILES string of the molecule is COc1ccccc1CCn1c2c(c(=O)n(C3CC(C)(C(=O)O)C3)c1=O)C(C)C(c1ncco1)S2. The molecule has 1 aliphatic heterocycles. The normalized spacial score (nSPS) is 25.2. The zero-order valence-corrected chi connectivity index (χ0v) is 20.6. The number of nitrogens with zero attached hydrogens (tertiary/aromatic N) is 3. The third kappa shape index (κ3) is 3.80. The number of oxazole rings is 1. The largest absolute Gasteiger partial charge is 0.496 e. The first-order chi connectivity index (χ1) is 16.7. The van der Waals surface area contributed by atoms with Crippen LogP contribution in [-0.4, -0.2) is 32.3 Å². The van der Waals surface area contributed by atoms with Gasteiger partial charge in [-0.3, -0.25) is 18.7 Å². The second-order valence-electron chi connectivity index (χ2n) is 9.52. The number of thioether (sulfide) groups is 1. The quantitative estimate of drug-likeness (QED) is 0.492. The molecule has 1 aliphatic carbocycles. The van der Waals surface area contributed by atoms with Crippen LogP contribution in [-0.2, 0) is 17.8 Å². The van der Waals surface area contributed by atoms with E-state index in [0.717, 1.165) is 11.3 Å². The van der Waals surface area contributed by atoms with Crippen LogP contribution in [0.1, 0.15) is 60.9 Å². The minimum atomic E-state index is -0.932. The molecular formula is C25H27N3O6S. The predicted molar refractivity (Wildman–Crippen MR) is 129 cm³/mol. The first-order valence-electron chi connectivity index (χ1n) is 11.6. The van der Waals surface area contributed by atoms with E-state index in [1.807, 2.05) is 31.2 Å². The highest BCUT2D eigenvalue weighted by Gasteiger charge is 2.49. The Kier molecular flexibility index (Phi) is 5.86. The van der Waals surface area contributed by atoms with Gasteiger partial charge in [-0.05, 0) is 37.8 Å². The summed E-state index contributed by atoms with van der Waals surface area (Å²) in [6.45, 7) is 3.95. The summed E-state index contributed by atoms with van der Waals surface area (Å²) >= 11 is 1.42. The number of carbonyl (C=O) groups is 1. The lowest BCUT2D eigenvalue weighted by Crippen LogP contribution is -2.52. The molecule has 2 atom stereocenters. The van der Waals surface area contributed by atoms with Crippen molar-refractivity contribution in [1.29, 1.82) is 0 Å². The van der Waals surface area contributed by atoms with Crippen LogP contribution >= 0.6 is 11.8 Å². The summed E-state index contributed by atoms with van der Waals surface area (Å²) in [4.78, 5) is 43.3. The first kappa shape index (κ1) is 23.5. The van der Waals surface area contributed by atoms with Crippen LogP contribution in [0.4, 0.5) is 0 Å². The van der Waals surface area contributed by atoms with Crippen molar-refractivity contribution in [2.75, 3.05) is 7.11 Å². The van der Waals surface area contributed by atoms with E-state index in [1.54, 1.807) is 24.8 Å². The number of benzene rings is 1. The van der Waals surface area contributed by atoms with E-state index in [2.05, 4.69) is 4.98 Å². The number of aryl methyl sites for hydroxylation is 1. The van der Waals surface area contributed by atoms with Gasteiger partial charge in [0.15, 0.2) is 0 Å². The number of aromatic nitrogens is 3. The van der Waals surface area contributed by atoms with Crippen molar-refractivity contribution in [3.63, 3.8) is 0 Å². The van der Waals surface area contributed by atoms with Crippen molar-refractivity contribution in [2.24, 2.45) is 5.41 Å². The molecule has 1 aromatic carbocycles.